The van der Waals surface area contributed by atoms with Gasteiger partial charge >= 0.3 is 12.0 Å². The zero-order chi connectivity index (χ0) is 19.4. The summed E-state index contributed by atoms with van der Waals surface area (Å²) in [6, 6.07) is 6.63. The van der Waals surface area contributed by atoms with Gasteiger partial charge in [-0.3, -0.25) is 10.1 Å². The molecule has 0 fully saturated rings. The Bertz CT molecular complexity index is 641. The van der Waals surface area contributed by atoms with E-state index < -0.39 is 24.5 Å². The van der Waals surface area contributed by atoms with Gasteiger partial charge in [0.1, 0.15) is 5.75 Å². The molecule has 1 aromatic rings. The SMILES string of the molecule is CCOc1ccccc1/C=C/C(=O)OCC(=O)NC(=O)NCCC(C)C. The smallest absolute Gasteiger partial charge is 0.331 e. The van der Waals surface area contributed by atoms with Crippen LogP contribution in [0.3, 0.4) is 0 Å². The molecule has 0 aromatic heterocycles. The third kappa shape index (κ3) is 8.86. The first-order chi connectivity index (χ1) is 12.4. The van der Waals surface area contributed by atoms with Gasteiger partial charge in [-0.05, 0) is 31.4 Å². The Morgan fingerprint density at radius 2 is 1.92 bits per heavy atom. The summed E-state index contributed by atoms with van der Waals surface area (Å²) in [5.74, 6) is -0.281. The number of nitrogens with one attached hydrogen (secondary N) is 2. The summed E-state index contributed by atoms with van der Waals surface area (Å²) in [4.78, 5) is 34.7. The average Bonchev–Trinajstić information content (AvgIpc) is 2.59. The summed E-state index contributed by atoms with van der Waals surface area (Å²) in [5.41, 5.74) is 0.722. The molecular formula is C19H26N2O5. The van der Waals surface area contributed by atoms with Crippen molar-refractivity contribution in [2.75, 3.05) is 19.8 Å². The predicted octanol–water partition coefficient (Wildman–Crippen LogP) is 2.51. The second kappa shape index (κ2) is 11.7. The van der Waals surface area contributed by atoms with Gasteiger partial charge in [-0.2, -0.15) is 0 Å². The van der Waals surface area contributed by atoms with E-state index in [1.807, 2.05) is 32.9 Å². The maximum absolute atomic E-state index is 11.7. The summed E-state index contributed by atoms with van der Waals surface area (Å²) in [7, 11) is 0. The number of rotatable bonds is 9. The van der Waals surface area contributed by atoms with Crippen LogP contribution in [0.4, 0.5) is 4.79 Å². The first-order valence-corrected chi connectivity index (χ1v) is 8.56. The van der Waals surface area contributed by atoms with E-state index in [0.717, 1.165) is 12.0 Å². The minimum atomic E-state index is -0.691. The largest absolute Gasteiger partial charge is 0.493 e. The van der Waals surface area contributed by atoms with Crippen molar-refractivity contribution in [2.24, 2.45) is 5.92 Å². The lowest BCUT2D eigenvalue weighted by Crippen LogP contribution is -2.41. The van der Waals surface area contributed by atoms with Crippen molar-refractivity contribution < 1.29 is 23.9 Å². The van der Waals surface area contributed by atoms with Gasteiger partial charge in [0.05, 0.1) is 6.61 Å². The van der Waals surface area contributed by atoms with E-state index in [1.54, 1.807) is 18.2 Å². The highest BCUT2D eigenvalue weighted by Gasteiger charge is 2.09. The lowest BCUT2D eigenvalue weighted by molar-refractivity contribution is -0.143. The van der Waals surface area contributed by atoms with Crippen LogP contribution in [-0.4, -0.2) is 37.7 Å². The number of carbonyl (C=O) groups excluding carboxylic acids is 3. The maximum Gasteiger partial charge on any atom is 0.331 e. The van der Waals surface area contributed by atoms with Crippen molar-refractivity contribution >= 4 is 24.0 Å². The topological polar surface area (TPSA) is 93.7 Å². The molecule has 0 spiro atoms. The molecule has 0 unspecified atom stereocenters. The summed E-state index contributed by atoms with van der Waals surface area (Å²) in [6.07, 6.45) is 3.56. The molecular weight excluding hydrogens is 336 g/mol. The fourth-order valence-electron chi connectivity index (χ4n) is 1.93. The predicted molar refractivity (Wildman–Crippen MR) is 98.6 cm³/mol. The van der Waals surface area contributed by atoms with Crippen LogP contribution < -0.4 is 15.4 Å². The molecule has 1 aromatic carbocycles. The van der Waals surface area contributed by atoms with Crippen LogP contribution in [0.1, 0.15) is 32.8 Å². The molecule has 0 atom stereocenters. The summed E-state index contributed by atoms with van der Waals surface area (Å²) in [5, 5.41) is 4.66. The van der Waals surface area contributed by atoms with Crippen molar-refractivity contribution in [3.8, 4) is 5.75 Å². The van der Waals surface area contributed by atoms with Crippen molar-refractivity contribution in [1.29, 1.82) is 0 Å². The molecule has 26 heavy (non-hydrogen) atoms. The first-order valence-electron chi connectivity index (χ1n) is 8.56. The number of hydrogen-bond acceptors (Lipinski definition) is 5. The third-order valence-electron chi connectivity index (χ3n) is 3.22. The number of esters is 1. The molecule has 142 valence electrons. The van der Waals surface area contributed by atoms with Gasteiger partial charge in [0, 0.05) is 18.2 Å². The van der Waals surface area contributed by atoms with Crippen LogP contribution in [0.25, 0.3) is 6.08 Å². The van der Waals surface area contributed by atoms with Gasteiger partial charge in [0.2, 0.25) is 0 Å². The van der Waals surface area contributed by atoms with Crippen LogP contribution >= 0.6 is 0 Å². The van der Waals surface area contributed by atoms with Crippen LogP contribution in [-0.2, 0) is 14.3 Å². The highest BCUT2D eigenvalue weighted by atomic mass is 16.5. The first kappa shape index (κ1) is 21.2. The van der Waals surface area contributed by atoms with E-state index >= 15 is 0 Å². The zero-order valence-electron chi connectivity index (χ0n) is 15.4. The molecule has 0 aliphatic rings. The maximum atomic E-state index is 11.7. The van der Waals surface area contributed by atoms with E-state index in [4.69, 9.17) is 9.47 Å². The molecule has 0 aliphatic heterocycles. The Labute approximate surface area is 153 Å². The van der Waals surface area contributed by atoms with E-state index in [1.165, 1.54) is 6.08 Å². The molecule has 3 amide bonds. The average molecular weight is 362 g/mol. The number of hydrogen-bond donors (Lipinski definition) is 2. The molecule has 0 heterocycles. The zero-order valence-corrected chi connectivity index (χ0v) is 15.4. The molecule has 7 heteroatoms. The Hall–Kier alpha value is -2.83. The summed E-state index contributed by atoms with van der Waals surface area (Å²) in [6.45, 7) is 6.38. The molecule has 1 rings (SSSR count). The van der Waals surface area contributed by atoms with Crippen molar-refractivity contribution in [3.63, 3.8) is 0 Å². The van der Waals surface area contributed by atoms with Crippen LogP contribution in [0.5, 0.6) is 5.75 Å². The lowest BCUT2D eigenvalue weighted by atomic mass is 10.1. The molecule has 0 saturated heterocycles. The van der Waals surface area contributed by atoms with Gasteiger partial charge in [0.25, 0.3) is 5.91 Å². The molecule has 0 radical (unpaired) electrons. The number of benzene rings is 1. The van der Waals surface area contributed by atoms with E-state index in [0.29, 0.717) is 24.8 Å². The second-order valence-corrected chi connectivity index (χ2v) is 5.90. The summed E-state index contributed by atoms with van der Waals surface area (Å²) >= 11 is 0. The van der Waals surface area contributed by atoms with Crippen molar-refractivity contribution in [1.82, 2.24) is 10.6 Å². The van der Waals surface area contributed by atoms with Crippen LogP contribution in [0.2, 0.25) is 0 Å². The molecule has 0 bridgehead atoms. The fourth-order valence-corrected chi connectivity index (χ4v) is 1.93. The second-order valence-electron chi connectivity index (χ2n) is 5.90. The molecule has 0 aliphatic carbocycles. The number of urea groups is 1. The normalized spacial score (nSPS) is 10.6. The van der Waals surface area contributed by atoms with E-state index in [-0.39, 0.29) is 0 Å². The number of ether oxygens (including phenoxy) is 2. The number of imide groups is 1. The van der Waals surface area contributed by atoms with E-state index in [2.05, 4.69) is 10.6 Å². The van der Waals surface area contributed by atoms with Crippen LogP contribution in [0, 0.1) is 5.92 Å². The highest BCUT2D eigenvalue weighted by Crippen LogP contribution is 2.19. The fraction of sp³-hybridized carbons (Fsp3) is 0.421. The van der Waals surface area contributed by atoms with Gasteiger partial charge in [-0.25, -0.2) is 9.59 Å². The minimum Gasteiger partial charge on any atom is -0.493 e. The van der Waals surface area contributed by atoms with Gasteiger partial charge < -0.3 is 14.8 Å². The lowest BCUT2D eigenvalue weighted by Gasteiger charge is -2.08. The Morgan fingerprint density at radius 1 is 1.19 bits per heavy atom. The molecule has 2 N–H and O–H groups in total. The van der Waals surface area contributed by atoms with Gasteiger partial charge in [-0.1, -0.05) is 32.0 Å². The Balaban J connectivity index is 2.37. The quantitative estimate of drug-likeness (QED) is 0.520. The molecule has 0 saturated carbocycles. The minimum absolute atomic E-state index is 0.451. The third-order valence-corrected chi connectivity index (χ3v) is 3.22. The highest BCUT2D eigenvalue weighted by molar-refractivity contribution is 5.96. The standard InChI is InChI=1S/C19H26N2O5/c1-4-25-16-8-6-5-7-15(16)9-10-18(23)26-13-17(22)21-19(24)20-12-11-14(2)3/h5-10,14H,4,11-13H2,1-3H3,(H2,20,21,22,24)/b10-9+. The van der Waals surface area contributed by atoms with Gasteiger partial charge in [0.15, 0.2) is 6.61 Å². The van der Waals surface area contributed by atoms with Gasteiger partial charge in [-0.15, -0.1) is 0 Å². The molecule has 7 nitrogen and oxygen atoms in total. The Kier molecular flexibility index (Phi) is 9.53. The number of amides is 3. The van der Waals surface area contributed by atoms with E-state index in [9.17, 15) is 14.4 Å². The van der Waals surface area contributed by atoms with Crippen LogP contribution in [0.15, 0.2) is 30.3 Å². The Morgan fingerprint density at radius 3 is 2.62 bits per heavy atom. The monoisotopic (exact) mass is 362 g/mol. The van der Waals surface area contributed by atoms with Crippen molar-refractivity contribution in [3.05, 3.63) is 35.9 Å². The number of carbonyl (C=O) groups is 3. The summed E-state index contributed by atoms with van der Waals surface area (Å²) < 4.78 is 10.3. The number of para-hydroxylation sites is 1. The van der Waals surface area contributed by atoms with Crippen molar-refractivity contribution in [2.45, 2.75) is 27.2 Å².